The highest BCUT2D eigenvalue weighted by Crippen LogP contribution is 2.43. The molecule has 42 heavy (non-hydrogen) atoms. The molecule has 0 aliphatic heterocycles. The number of aromatic nitrogens is 4. The predicted octanol–water partition coefficient (Wildman–Crippen LogP) is 8.64. The van der Waals surface area contributed by atoms with Gasteiger partial charge in [-0.1, -0.05) is 103 Å². The standard InChI is InChI=1S/C35H23ClF2N4/c36-31-20-24(22-41-19-18-39-34(31)41)30-23-42(40-33(30)29-17-16-28(37)21-32(29)38)35(25-10-4-1-5-11-25,26-12-6-2-7-13-26)27-14-8-3-9-15-27/h1-23H. The number of benzene rings is 4. The first-order chi connectivity index (χ1) is 20.6. The summed E-state index contributed by atoms with van der Waals surface area (Å²) in [6, 6.07) is 35.6. The molecule has 0 aliphatic carbocycles. The van der Waals surface area contributed by atoms with E-state index in [-0.39, 0.29) is 5.56 Å². The van der Waals surface area contributed by atoms with Crippen molar-refractivity contribution in [2.24, 2.45) is 0 Å². The molecule has 7 rings (SSSR count). The fourth-order valence-corrected chi connectivity index (χ4v) is 5.97. The molecule has 0 fully saturated rings. The second-order valence-electron chi connectivity index (χ2n) is 10.0. The van der Waals surface area contributed by atoms with Crippen molar-refractivity contribution in [3.05, 3.63) is 173 Å². The number of pyridine rings is 1. The monoisotopic (exact) mass is 572 g/mol. The summed E-state index contributed by atoms with van der Waals surface area (Å²) in [6.07, 6.45) is 7.27. The topological polar surface area (TPSA) is 35.1 Å². The van der Waals surface area contributed by atoms with Crippen LogP contribution >= 0.6 is 11.6 Å². The molecule has 0 spiro atoms. The molecule has 0 amide bonds. The number of halogens is 3. The number of hydrogen-bond acceptors (Lipinski definition) is 2. The van der Waals surface area contributed by atoms with Crippen LogP contribution in [0.2, 0.25) is 5.02 Å². The van der Waals surface area contributed by atoms with Gasteiger partial charge >= 0.3 is 0 Å². The maximum atomic E-state index is 15.5. The van der Waals surface area contributed by atoms with Crippen LogP contribution in [0.4, 0.5) is 8.78 Å². The Bertz CT molecular complexity index is 1920. The molecule has 7 aromatic rings. The molecule has 0 radical (unpaired) electrons. The summed E-state index contributed by atoms with van der Waals surface area (Å²) in [7, 11) is 0. The molecule has 3 aromatic heterocycles. The van der Waals surface area contributed by atoms with Crippen molar-refractivity contribution in [2.45, 2.75) is 5.54 Å². The third-order valence-electron chi connectivity index (χ3n) is 7.57. The SMILES string of the molecule is Fc1ccc(-c2nn(C(c3ccccc3)(c3ccccc3)c3ccccc3)cc2-c2cc(Cl)c3nccn3c2)c(F)c1. The lowest BCUT2D eigenvalue weighted by Gasteiger charge is -2.36. The average molecular weight is 573 g/mol. The van der Waals surface area contributed by atoms with E-state index in [1.807, 2.05) is 76.1 Å². The van der Waals surface area contributed by atoms with Crippen molar-refractivity contribution in [2.75, 3.05) is 0 Å². The zero-order chi connectivity index (χ0) is 28.7. The molecular formula is C35H23ClF2N4. The number of hydrogen-bond donors (Lipinski definition) is 0. The molecule has 0 atom stereocenters. The molecule has 3 heterocycles. The van der Waals surface area contributed by atoms with Gasteiger partial charge < -0.3 is 4.40 Å². The quantitative estimate of drug-likeness (QED) is 0.187. The molecule has 0 saturated heterocycles. The Labute approximate surface area is 246 Å². The van der Waals surface area contributed by atoms with Gasteiger partial charge in [0.15, 0.2) is 5.65 Å². The molecular weight excluding hydrogens is 550 g/mol. The van der Waals surface area contributed by atoms with E-state index in [1.165, 1.54) is 12.1 Å². The van der Waals surface area contributed by atoms with Crippen LogP contribution < -0.4 is 0 Å². The Morgan fingerprint density at radius 1 is 0.667 bits per heavy atom. The summed E-state index contributed by atoms with van der Waals surface area (Å²) < 4.78 is 33.2. The van der Waals surface area contributed by atoms with Gasteiger partial charge in [0, 0.05) is 47.5 Å². The minimum Gasteiger partial charge on any atom is -0.305 e. The number of rotatable bonds is 6. The summed E-state index contributed by atoms with van der Waals surface area (Å²) in [4.78, 5) is 4.33. The maximum Gasteiger partial charge on any atom is 0.155 e. The first kappa shape index (κ1) is 25.9. The van der Waals surface area contributed by atoms with E-state index in [0.29, 0.717) is 27.5 Å². The van der Waals surface area contributed by atoms with E-state index in [2.05, 4.69) is 41.4 Å². The molecule has 4 aromatic carbocycles. The molecule has 0 bridgehead atoms. The third-order valence-corrected chi connectivity index (χ3v) is 7.85. The van der Waals surface area contributed by atoms with E-state index in [1.54, 1.807) is 18.5 Å². The van der Waals surface area contributed by atoms with E-state index in [9.17, 15) is 4.39 Å². The summed E-state index contributed by atoms with van der Waals surface area (Å²) in [5.41, 5.74) is 4.43. The zero-order valence-electron chi connectivity index (χ0n) is 22.2. The number of imidazole rings is 1. The average Bonchev–Trinajstić information content (AvgIpc) is 3.68. The predicted molar refractivity (Wildman–Crippen MR) is 161 cm³/mol. The first-order valence-electron chi connectivity index (χ1n) is 13.4. The second kappa shape index (κ2) is 10.4. The first-order valence-corrected chi connectivity index (χ1v) is 13.8. The Morgan fingerprint density at radius 2 is 1.26 bits per heavy atom. The largest absolute Gasteiger partial charge is 0.305 e. The molecule has 0 N–H and O–H groups in total. The minimum atomic E-state index is -0.934. The maximum absolute atomic E-state index is 15.5. The highest BCUT2D eigenvalue weighted by molar-refractivity contribution is 6.33. The lowest BCUT2D eigenvalue weighted by molar-refractivity contribution is 0.461. The zero-order valence-corrected chi connectivity index (χ0v) is 23.0. The van der Waals surface area contributed by atoms with Crippen LogP contribution in [0, 0.1) is 11.6 Å². The van der Waals surface area contributed by atoms with Gasteiger partial charge in [0.2, 0.25) is 0 Å². The molecule has 204 valence electrons. The molecule has 0 saturated carbocycles. The van der Waals surface area contributed by atoms with Gasteiger partial charge in [0.1, 0.15) is 22.9 Å². The van der Waals surface area contributed by atoms with Crippen LogP contribution in [0.15, 0.2) is 140 Å². The van der Waals surface area contributed by atoms with Crippen molar-refractivity contribution in [3.8, 4) is 22.4 Å². The highest BCUT2D eigenvalue weighted by atomic mass is 35.5. The summed E-state index contributed by atoms with van der Waals surface area (Å²) >= 11 is 6.65. The molecule has 4 nitrogen and oxygen atoms in total. The Balaban J connectivity index is 1.60. The Kier molecular flexibility index (Phi) is 6.40. The van der Waals surface area contributed by atoms with Crippen molar-refractivity contribution < 1.29 is 8.78 Å². The van der Waals surface area contributed by atoms with E-state index in [4.69, 9.17) is 16.7 Å². The smallest absolute Gasteiger partial charge is 0.155 e. The van der Waals surface area contributed by atoms with Gasteiger partial charge in [-0.25, -0.2) is 13.8 Å². The van der Waals surface area contributed by atoms with Crippen LogP contribution in [-0.2, 0) is 5.54 Å². The van der Waals surface area contributed by atoms with Gasteiger partial charge in [-0.3, -0.25) is 4.68 Å². The van der Waals surface area contributed by atoms with Crippen LogP contribution in [-0.4, -0.2) is 19.2 Å². The third kappa shape index (κ3) is 4.19. The van der Waals surface area contributed by atoms with Crippen LogP contribution in [0.1, 0.15) is 16.7 Å². The van der Waals surface area contributed by atoms with Gasteiger partial charge in [0.25, 0.3) is 0 Å². The Hall–Kier alpha value is -5.07. The fraction of sp³-hybridized carbons (Fsp3) is 0.0286. The summed E-state index contributed by atoms with van der Waals surface area (Å²) in [6.45, 7) is 0. The van der Waals surface area contributed by atoms with Crippen molar-refractivity contribution >= 4 is 17.2 Å². The van der Waals surface area contributed by atoms with Crippen molar-refractivity contribution in [1.82, 2.24) is 19.2 Å². The normalized spacial score (nSPS) is 11.7. The fourth-order valence-electron chi connectivity index (χ4n) is 5.71. The van der Waals surface area contributed by atoms with Gasteiger partial charge in [0.05, 0.1) is 5.02 Å². The summed E-state index contributed by atoms with van der Waals surface area (Å²) in [5, 5.41) is 5.57. The molecule has 7 heteroatoms. The molecule has 0 aliphatic rings. The van der Waals surface area contributed by atoms with E-state index in [0.717, 1.165) is 22.8 Å². The highest BCUT2D eigenvalue weighted by Gasteiger charge is 2.40. The van der Waals surface area contributed by atoms with Gasteiger partial charge in [-0.2, -0.15) is 5.10 Å². The number of fused-ring (bicyclic) bond motifs is 1. The lowest BCUT2D eigenvalue weighted by atomic mass is 9.77. The van der Waals surface area contributed by atoms with Gasteiger partial charge in [-0.05, 0) is 34.9 Å². The van der Waals surface area contributed by atoms with Crippen LogP contribution in [0.25, 0.3) is 28.0 Å². The minimum absolute atomic E-state index is 0.176. The number of nitrogens with zero attached hydrogens (tertiary/aromatic N) is 4. The van der Waals surface area contributed by atoms with Crippen molar-refractivity contribution in [3.63, 3.8) is 0 Å². The van der Waals surface area contributed by atoms with Gasteiger partial charge in [-0.15, -0.1) is 0 Å². The Morgan fingerprint density at radius 3 is 1.83 bits per heavy atom. The molecule has 0 unspecified atom stereocenters. The second-order valence-corrected chi connectivity index (χ2v) is 10.4. The van der Waals surface area contributed by atoms with E-state index >= 15 is 4.39 Å². The lowest BCUT2D eigenvalue weighted by Crippen LogP contribution is -2.38. The van der Waals surface area contributed by atoms with E-state index < -0.39 is 17.2 Å². The van der Waals surface area contributed by atoms with Crippen molar-refractivity contribution in [1.29, 1.82) is 0 Å². The van der Waals surface area contributed by atoms with Crippen LogP contribution in [0.3, 0.4) is 0 Å². The summed E-state index contributed by atoms with van der Waals surface area (Å²) in [5.74, 6) is -1.37. The van der Waals surface area contributed by atoms with Crippen LogP contribution in [0.5, 0.6) is 0 Å².